The molecule has 0 unspecified atom stereocenters. The van der Waals surface area contributed by atoms with Crippen LogP contribution in [-0.2, 0) is 0 Å². The summed E-state index contributed by atoms with van der Waals surface area (Å²) < 4.78 is 6.98. The largest absolute Gasteiger partial charge is 0.490 e. The van der Waals surface area contributed by atoms with Crippen LogP contribution in [0.3, 0.4) is 0 Å². The van der Waals surface area contributed by atoms with E-state index in [9.17, 15) is 14.9 Å². The van der Waals surface area contributed by atoms with Crippen LogP contribution in [0.1, 0.15) is 11.4 Å². The molecule has 2 aromatic carbocycles. The van der Waals surface area contributed by atoms with Crippen molar-refractivity contribution in [2.45, 2.75) is 6.92 Å². The number of rotatable bonds is 4. The molecule has 0 N–H and O–H groups in total. The smallest absolute Gasteiger partial charge is 0.313 e. The van der Waals surface area contributed by atoms with Crippen LogP contribution in [0.15, 0.2) is 44.7 Å². The van der Waals surface area contributed by atoms with E-state index < -0.39 is 4.92 Å². The Kier molecular flexibility index (Phi) is 5.24. The SMILES string of the molecule is COc1c(C=Nn2c(C)nc3ccc(Br)cc3c2=O)cc(Cl)cc1[N+](=O)[O-]. The lowest BCUT2D eigenvalue weighted by molar-refractivity contribution is -0.385. The number of halogens is 2. The first-order valence-corrected chi connectivity index (χ1v) is 8.74. The molecule has 0 aliphatic rings. The van der Waals surface area contributed by atoms with Gasteiger partial charge in [0.05, 0.1) is 29.2 Å². The molecule has 3 rings (SSSR count). The lowest BCUT2D eigenvalue weighted by Crippen LogP contribution is -2.20. The summed E-state index contributed by atoms with van der Waals surface area (Å²) >= 11 is 9.28. The van der Waals surface area contributed by atoms with E-state index in [-0.39, 0.29) is 27.6 Å². The Balaban J connectivity index is 2.17. The number of aromatic nitrogens is 2. The second-order valence-corrected chi connectivity index (χ2v) is 6.84. The molecule has 10 heteroatoms. The minimum absolute atomic E-state index is 0.00431. The molecule has 3 aromatic rings. The Morgan fingerprint density at radius 2 is 2.11 bits per heavy atom. The fourth-order valence-corrected chi connectivity index (χ4v) is 3.15. The van der Waals surface area contributed by atoms with Gasteiger partial charge in [0.2, 0.25) is 5.75 Å². The first-order valence-electron chi connectivity index (χ1n) is 7.57. The number of hydrogen-bond donors (Lipinski definition) is 0. The van der Waals surface area contributed by atoms with E-state index in [0.29, 0.717) is 16.7 Å². The van der Waals surface area contributed by atoms with Crippen molar-refractivity contribution in [3.05, 3.63) is 71.7 Å². The summed E-state index contributed by atoms with van der Waals surface area (Å²) in [5, 5.41) is 15.9. The number of nitro groups is 1. The molecule has 8 nitrogen and oxygen atoms in total. The molecule has 0 aliphatic carbocycles. The molecule has 0 fully saturated rings. The summed E-state index contributed by atoms with van der Waals surface area (Å²) in [6.45, 7) is 1.64. The molecular formula is C17H12BrClN4O4. The Morgan fingerprint density at radius 3 is 2.78 bits per heavy atom. The molecule has 0 saturated heterocycles. The van der Waals surface area contributed by atoms with Crippen molar-refractivity contribution in [2.75, 3.05) is 7.11 Å². The predicted molar refractivity (Wildman–Crippen MR) is 106 cm³/mol. The Labute approximate surface area is 166 Å². The maximum absolute atomic E-state index is 12.7. The van der Waals surface area contributed by atoms with Gasteiger partial charge in [-0.1, -0.05) is 27.5 Å². The number of nitro benzene ring substituents is 1. The van der Waals surface area contributed by atoms with Crippen LogP contribution < -0.4 is 10.3 Å². The van der Waals surface area contributed by atoms with E-state index >= 15 is 0 Å². The molecule has 0 aliphatic heterocycles. The van der Waals surface area contributed by atoms with Gasteiger partial charge in [-0.2, -0.15) is 9.78 Å². The fraction of sp³-hybridized carbons (Fsp3) is 0.118. The van der Waals surface area contributed by atoms with Crippen molar-refractivity contribution < 1.29 is 9.66 Å². The van der Waals surface area contributed by atoms with Gasteiger partial charge in [-0.25, -0.2) is 4.98 Å². The molecule has 0 bridgehead atoms. The van der Waals surface area contributed by atoms with E-state index in [4.69, 9.17) is 16.3 Å². The van der Waals surface area contributed by atoms with Gasteiger partial charge in [0, 0.05) is 21.1 Å². The third kappa shape index (κ3) is 3.69. The van der Waals surface area contributed by atoms with E-state index in [2.05, 4.69) is 26.0 Å². The van der Waals surface area contributed by atoms with E-state index in [1.165, 1.54) is 25.5 Å². The highest BCUT2D eigenvalue weighted by molar-refractivity contribution is 9.10. The first kappa shape index (κ1) is 19.0. The molecule has 0 saturated carbocycles. The lowest BCUT2D eigenvalue weighted by atomic mass is 10.2. The van der Waals surface area contributed by atoms with Crippen LogP contribution in [0, 0.1) is 17.0 Å². The molecule has 0 spiro atoms. The fourth-order valence-electron chi connectivity index (χ4n) is 2.57. The third-order valence-corrected chi connectivity index (χ3v) is 4.46. The van der Waals surface area contributed by atoms with Crippen LogP contribution in [0.5, 0.6) is 5.75 Å². The van der Waals surface area contributed by atoms with E-state index in [1.807, 2.05) is 0 Å². The van der Waals surface area contributed by atoms with Crippen molar-refractivity contribution >= 4 is 50.3 Å². The standard InChI is InChI=1S/C17H12BrClN4O4/c1-9-21-14-4-3-11(18)6-13(14)17(24)22(9)20-8-10-5-12(19)7-15(23(25)26)16(10)27-2/h3-8H,1-2H3. The van der Waals surface area contributed by atoms with Gasteiger partial charge in [-0.3, -0.25) is 14.9 Å². The number of nitrogens with zero attached hydrogens (tertiary/aromatic N) is 4. The Bertz CT molecular complexity index is 1160. The second-order valence-electron chi connectivity index (χ2n) is 5.49. The molecular weight excluding hydrogens is 440 g/mol. The summed E-state index contributed by atoms with van der Waals surface area (Å²) in [7, 11) is 1.31. The molecule has 0 atom stereocenters. The highest BCUT2D eigenvalue weighted by Crippen LogP contribution is 2.33. The van der Waals surface area contributed by atoms with Crippen molar-refractivity contribution in [3.63, 3.8) is 0 Å². The van der Waals surface area contributed by atoms with Crippen molar-refractivity contribution in [1.82, 2.24) is 9.66 Å². The second kappa shape index (κ2) is 7.45. The summed E-state index contributed by atoms with van der Waals surface area (Å²) in [5.74, 6) is 0.358. The van der Waals surface area contributed by atoms with Crippen molar-refractivity contribution in [3.8, 4) is 5.75 Å². The van der Waals surface area contributed by atoms with E-state index in [0.717, 1.165) is 9.15 Å². The molecule has 138 valence electrons. The Hall–Kier alpha value is -2.78. The van der Waals surface area contributed by atoms with Gasteiger partial charge in [0.25, 0.3) is 5.56 Å². The zero-order chi connectivity index (χ0) is 19.7. The van der Waals surface area contributed by atoms with Gasteiger partial charge in [-0.15, -0.1) is 0 Å². The van der Waals surface area contributed by atoms with Gasteiger partial charge in [-0.05, 0) is 31.2 Å². The summed E-state index contributed by atoms with van der Waals surface area (Å²) in [6, 6.07) is 7.82. The monoisotopic (exact) mass is 450 g/mol. The molecule has 0 radical (unpaired) electrons. The maximum Gasteiger partial charge on any atom is 0.313 e. The highest BCUT2D eigenvalue weighted by atomic mass is 79.9. The van der Waals surface area contributed by atoms with Gasteiger partial charge < -0.3 is 4.74 Å². The maximum atomic E-state index is 12.7. The third-order valence-electron chi connectivity index (χ3n) is 3.75. The van der Waals surface area contributed by atoms with Gasteiger partial charge in [0.15, 0.2) is 0 Å². The molecule has 1 aromatic heterocycles. The average molecular weight is 452 g/mol. The normalized spacial score (nSPS) is 11.3. The van der Waals surface area contributed by atoms with Gasteiger partial charge in [0.1, 0.15) is 5.82 Å². The average Bonchev–Trinajstić information content (AvgIpc) is 2.61. The number of ether oxygens (including phenoxy) is 1. The van der Waals surface area contributed by atoms with Crippen LogP contribution in [0.2, 0.25) is 5.02 Å². The first-order chi connectivity index (χ1) is 12.8. The lowest BCUT2D eigenvalue weighted by Gasteiger charge is -2.08. The Morgan fingerprint density at radius 1 is 1.37 bits per heavy atom. The molecule has 27 heavy (non-hydrogen) atoms. The molecule has 0 amide bonds. The number of fused-ring (bicyclic) bond motifs is 1. The van der Waals surface area contributed by atoms with Crippen LogP contribution >= 0.6 is 27.5 Å². The van der Waals surface area contributed by atoms with Crippen LogP contribution in [0.25, 0.3) is 10.9 Å². The van der Waals surface area contributed by atoms with Crippen molar-refractivity contribution in [2.24, 2.45) is 5.10 Å². The zero-order valence-corrected chi connectivity index (χ0v) is 16.5. The highest BCUT2D eigenvalue weighted by Gasteiger charge is 2.19. The van der Waals surface area contributed by atoms with Crippen LogP contribution in [0.4, 0.5) is 5.69 Å². The zero-order valence-electron chi connectivity index (χ0n) is 14.1. The van der Waals surface area contributed by atoms with E-state index in [1.54, 1.807) is 25.1 Å². The summed E-state index contributed by atoms with van der Waals surface area (Å²) in [5.41, 5.74) is 0.141. The quantitative estimate of drug-likeness (QED) is 0.340. The number of methoxy groups -OCH3 is 1. The predicted octanol–water partition coefficient (Wildman–Crippen LogP) is 3.92. The summed E-state index contributed by atoms with van der Waals surface area (Å²) in [4.78, 5) is 27.7. The van der Waals surface area contributed by atoms with Crippen molar-refractivity contribution in [1.29, 1.82) is 0 Å². The number of aryl methyl sites for hydroxylation is 1. The van der Waals surface area contributed by atoms with Crippen LogP contribution in [-0.4, -0.2) is 27.9 Å². The topological polar surface area (TPSA) is 99.6 Å². The number of hydrogen-bond acceptors (Lipinski definition) is 6. The minimum Gasteiger partial charge on any atom is -0.490 e. The minimum atomic E-state index is -0.603. The number of benzene rings is 2. The summed E-state index contributed by atoms with van der Waals surface area (Å²) in [6.07, 6.45) is 1.28. The van der Waals surface area contributed by atoms with Gasteiger partial charge >= 0.3 is 5.69 Å². The molecule has 1 heterocycles.